The van der Waals surface area contributed by atoms with Crippen LogP contribution in [0.2, 0.25) is 0 Å². The highest BCUT2D eigenvalue weighted by atomic mass is 31.2. The monoisotopic (exact) mass is 1370 g/mol. The molecule has 0 aromatic carbocycles. The zero-order valence-electron chi connectivity index (χ0n) is 60.4. The Morgan fingerprint density at radius 2 is 0.516 bits per heavy atom. The third-order valence-corrected chi connectivity index (χ3v) is 19.5. The average molecular weight is 1370 g/mol. The standard InChI is InChI=1S/C74H144O17P2/c1-6-10-13-16-19-22-25-27-28-29-30-31-33-35-38-44-49-54-59-73(78)90-69(63-85-72(77)58-53-48-43-37-34-32-26-23-20-17-14-11-7-2)65-88-92(80,81)86-61-68(75)62-87-93(82,83)89-66-70(64-84-71(76)57-52-47-42-36-24-21-18-15-12-8-3)91-74(79)60-55-50-45-40-39-41-46-51-56-67(5)9-4/h67-70,75H,6-66H2,1-5H3,(H,80,81)(H,82,83)/t67?,68-,69-,70-/m1/s1. The first-order valence-electron chi connectivity index (χ1n) is 38.7. The number of carbonyl (C=O) groups excluding carboxylic acids is 4. The fourth-order valence-electron chi connectivity index (χ4n) is 11.3. The van der Waals surface area contributed by atoms with Crippen molar-refractivity contribution in [3.05, 3.63) is 0 Å². The molecule has 0 aliphatic heterocycles. The first-order chi connectivity index (χ1) is 45.1. The molecule has 0 heterocycles. The highest BCUT2D eigenvalue weighted by Gasteiger charge is 2.30. The lowest BCUT2D eigenvalue weighted by Gasteiger charge is -2.21. The fourth-order valence-corrected chi connectivity index (χ4v) is 12.9. The van der Waals surface area contributed by atoms with Gasteiger partial charge in [0.05, 0.1) is 26.4 Å². The number of phosphoric acid groups is 2. The van der Waals surface area contributed by atoms with Crippen LogP contribution in [0.4, 0.5) is 0 Å². The van der Waals surface area contributed by atoms with E-state index in [1.807, 2.05) is 0 Å². The van der Waals surface area contributed by atoms with Crippen molar-refractivity contribution in [2.75, 3.05) is 39.6 Å². The SMILES string of the molecule is CCCCCCCCCCCCCCCCCCCCC(=O)O[C@H](COC(=O)CCCCCCCCCCCCCCC)COP(=O)(O)OC[C@@H](O)COP(=O)(O)OC[C@@H](COC(=O)CCCCCCCCCCCC)OC(=O)CCCCCCCCCCC(C)CC. The molecule has 0 saturated heterocycles. The topological polar surface area (TPSA) is 237 Å². The number of aliphatic hydroxyl groups excluding tert-OH is 1. The van der Waals surface area contributed by atoms with Gasteiger partial charge in [0.25, 0.3) is 0 Å². The number of phosphoric ester groups is 2. The summed E-state index contributed by atoms with van der Waals surface area (Å²) >= 11 is 0. The average Bonchev–Trinajstić information content (AvgIpc) is 2.05. The van der Waals surface area contributed by atoms with Gasteiger partial charge in [0.1, 0.15) is 19.3 Å². The first kappa shape index (κ1) is 91.1. The molecule has 3 N–H and O–H groups in total. The molecule has 0 saturated carbocycles. The maximum absolute atomic E-state index is 13.1. The number of unbranched alkanes of at least 4 members (excludes halogenated alkanes) is 45. The van der Waals surface area contributed by atoms with E-state index in [1.54, 1.807) is 0 Å². The summed E-state index contributed by atoms with van der Waals surface area (Å²) < 4.78 is 68.4. The molecule has 0 spiro atoms. The number of hydrogen-bond donors (Lipinski definition) is 3. The summed E-state index contributed by atoms with van der Waals surface area (Å²) in [5.41, 5.74) is 0. The van der Waals surface area contributed by atoms with Crippen LogP contribution >= 0.6 is 15.6 Å². The van der Waals surface area contributed by atoms with Crippen LogP contribution in [-0.2, 0) is 65.4 Å². The Bertz CT molecular complexity index is 1790. The molecule has 0 aromatic heterocycles. The summed E-state index contributed by atoms with van der Waals surface area (Å²) in [4.78, 5) is 72.7. The van der Waals surface area contributed by atoms with E-state index in [0.717, 1.165) is 95.8 Å². The van der Waals surface area contributed by atoms with E-state index in [-0.39, 0.29) is 25.7 Å². The minimum atomic E-state index is -4.95. The van der Waals surface area contributed by atoms with Crippen LogP contribution in [0, 0.1) is 5.92 Å². The van der Waals surface area contributed by atoms with Crippen molar-refractivity contribution < 1.29 is 80.2 Å². The van der Waals surface area contributed by atoms with Crippen LogP contribution in [0.1, 0.15) is 388 Å². The van der Waals surface area contributed by atoms with E-state index in [1.165, 1.54) is 212 Å². The Morgan fingerprint density at radius 1 is 0.301 bits per heavy atom. The maximum Gasteiger partial charge on any atom is 0.472 e. The van der Waals surface area contributed by atoms with Gasteiger partial charge >= 0.3 is 39.5 Å². The first-order valence-corrected chi connectivity index (χ1v) is 41.7. The van der Waals surface area contributed by atoms with Crippen LogP contribution < -0.4 is 0 Å². The quantitative estimate of drug-likeness (QED) is 0.0222. The molecular weight excluding hydrogens is 1220 g/mol. The number of carbonyl (C=O) groups is 4. The summed E-state index contributed by atoms with van der Waals surface area (Å²) in [5, 5.41) is 10.6. The second-order valence-corrected chi connectivity index (χ2v) is 29.8. The molecule has 0 amide bonds. The molecule has 6 atom stereocenters. The molecule has 19 heteroatoms. The Balaban J connectivity index is 5.23. The molecule has 93 heavy (non-hydrogen) atoms. The largest absolute Gasteiger partial charge is 0.472 e. The number of rotatable bonds is 74. The van der Waals surface area contributed by atoms with Gasteiger partial charge in [-0.25, -0.2) is 9.13 Å². The van der Waals surface area contributed by atoms with Crippen LogP contribution in [-0.4, -0.2) is 96.7 Å². The van der Waals surface area contributed by atoms with Crippen molar-refractivity contribution in [3.8, 4) is 0 Å². The van der Waals surface area contributed by atoms with Gasteiger partial charge in [-0.3, -0.25) is 37.3 Å². The minimum absolute atomic E-state index is 0.105. The van der Waals surface area contributed by atoms with Crippen LogP contribution in [0.25, 0.3) is 0 Å². The van der Waals surface area contributed by atoms with Gasteiger partial charge in [0, 0.05) is 25.7 Å². The smallest absolute Gasteiger partial charge is 0.462 e. The Labute approximate surface area is 568 Å². The van der Waals surface area contributed by atoms with Crippen LogP contribution in [0.15, 0.2) is 0 Å². The van der Waals surface area contributed by atoms with Gasteiger partial charge in [-0.15, -0.1) is 0 Å². The van der Waals surface area contributed by atoms with Crippen molar-refractivity contribution in [3.63, 3.8) is 0 Å². The lowest BCUT2D eigenvalue weighted by molar-refractivity contribution is -0.161. The predicted octanol–water partition coefficient (Wildman–Crippen LogP) is 21.7. The summed E-state index contributed by atoms with van der Waals surface area (Å²) in [6, 6.07) is 0. The van der Waals surface area contributed by atoms with Gasteiger partial charge in [0.2, 0.25) is 0 Å². The fraction of sp³-hybridized carbons (Fsp3) is 0.946. The molecule has 0 aromatic rings. The number of esters is 4. The summed E-state index contributed by atoms with van der Waals surface area (Å²) in [7, 11) is -9.91. The minimum Gasteiger partial charge on any atom is -0.462 e. The molecule has 17 nitrogen and oxygen atoms in total. The second-order valence-electron chi connectivity index (χ2n) is 26.9. The van der Waals surface area contributed by atoms with Gasteiger partial charge in [0.15, 0.2) is 12.2 Å². The summed E-state index contributed by atoms with van der Waals surface area (Å²) in [5.74, 6) is -1.35. The summed E-state index contributed by atoms with van der Waals surface area (Å²) in [6.45, 7) is 7.27. The maximum atomic E-state index is 13.1. The Morgan fingerprint density at radius 3 is 0.763 bits per heavy atom. The molecule has 0 aliphatic rings. The lowest BCUT2D eigenvalue weighted by atomic mass is 9.99. The van der Waals surface area contributed by atoms with Gasteiger partial charge < -0.3 is 33.8 Å². The molecule has 552 valence electrons. The molecule has 0 fully saturated rings. The van der Waals surface area contributed by atoms with Crippen molar-refractivity contribution >= 4 is 39.5 Å². The van der Waals surface area contributed by atoms with Crippen molar-refractivity contribution in [1.82, 2.24) is 0 Å². The van der Waals surface area contributed by atoms with Crippen molar-refractivity contribution in [1.29, 1.82) is 0 Å². The zero-order chi connectivity index (χ0) is 68.4. The zero-order valence-corrected chi connectivity index (χ0v) is 62.2. The third-order valence-electron chi connectivity index (χ3n) is 17.6. The van der Waals surface area contributed by atoms with Gasteiger partial charge in [-0.05, 0) is 31.6 Å². The van der Waals surface area contributed by atoms with Gasteiger partial charge in [-0.2, -0.15) is 0 Å². The van der Waals surface area contributed by atoms with Crippen molar-refractivity contribution in [2.45, 2.75) is 406 Å². The molecule has 3 unspecified atom stereocenters. The molecule has 0 rings (SSSR count). The van der Waals surface area contributed by atoms with Gasteiger partial charge in [-0.1, -0.05) is 336 Å². The molecule has 0 radical (unpaired) electrons. The van der Waals surface area contributed by atoms with E-state index in [4.69, 9.17) is 37.0 Å². The second kappa shape index (κ2) is 67.3. The van der Waals surface area contributed by atoms with E-state index in [0.29, 0.717) is 25.7 Å². The lowest BCUT2D eigenvalue weighted by Crippen LogP contribution is -2.30. The molecule has 0 aliphatic carbocycles. The predicted molar refractivity (Wildman–Crippen MR) is 377 cm³/mol. The highest BCUT2D eigenvalue weighted by Crippen LogP contribution is 2.45. The number of ether oxygens (including phenoxy) is 4. The highest BCUT2D eigenvalue weighted by molar-refractivity contribution is 7.47. The third kappa shape index (κ3) is 67.0. The van der Waals surface area contributed by atoms with E-state index < -0.39 is 97.5 Å². The van der Waals surface area contributed by atoms with Crippen LogP contribution in [0.5, 0.6) is 0 Å². The Kier molecular flexibility index (Phi) is 65.9. The van der Waals surface area contributed by atoms with E-state index in [9.17, 15) is 43.2 Å². The molecule has 0 bridgehead atoms. The normalized spacial score (nSPS) is 14.3. The van der Waals surface area contributed by atoms with Crippen LogP contribution in [0.3, 0.4) is 0 Å². The number of aliphatic hydroxyl groups is 1. The van der Waals surface area contributed by atoms with E-state index >= 15 is 0 Å². The van der Waals surface area contributed by atoms with E-state index in [2.05, 4.69) is 34.6 Å². The molecular formula is C74H144O17P2. The summed E-state index contributed by atoms with van der Waals surface area (Å²) in [6.07, 6.45) is 55.3. The number of hydrogen-bond acceptors (Lipinski definition) is 15. The Hall–Kier alpha value is -1.94. The van der Waals surface area contributed by atoms with Crippen molar-refractivity contribution in [2.24, 2.45) is 5.92 Å².